The molecule has 3 nitrogen and oxygen atoms in total. The molecule has 10 aromatic rings. The molecule has 3 heteroatoms. The van der Waals surface area contributed by atoms with E-state index < -0.39 is 0 Å². The van der Waals surface area contributed by atoms with Crippen molar-refractivity contribution in [3.63, 3.8) is 0 Å². The molecule has 0 aliphatic rings. The van der Waals surface area contributed by atoms with Gasteiger partial charge in [-0.1, -0.05) is 176 Å². The molecular weight excluding hydrogens is 655 g/mol. The van der Waals surface area contributed by atoms with Gasteiger partial charge in [0.15, 0.2) is 17.5 Å². The van der Waals surface area contributed by atoms with Crippen LogP contribution in [0.3, 0.4) is 0 Å². The lowest BCUT2D eigenvalue weighted by molar-refractivity contribution is 1.07. The Labute approximate surface area is 313 Å². The van der Waals surface area contributed by atoms with Crippen molar-refractivity contribution in [1.29, 1.82) is 0 Å². The van der Waals surface area contributed by atoms with Crippen LogP contribution in [0.25, 0.3) is 99.9 Å². The average molecular weight is 688 g/mol. The van der Waals surface area contributed by atoms with Crippen LogP contribution < -0.4 is 0 Å². The minimum Gasteiger partial charge on any atom is -0.208 e. The van der Waals surface area contributed by atoms with Crippen LogP contribution in [0.4, 0.5) is 0 Å². The van der Waals surface area contributed by atoms with E-state index in [9.17, 15) is 0 Å². The normalized spacial score (nSPS) is 11.3. The van der Waals surface area contributed by atoms with Crippen LogP contribution >= 0.6 is 0 Å². The van der Waals surface area contributed by atoms with E-state index in [1.165, 1.54) is 38.1 Å². The number of hydrogen-bond donors (Lipinski definition) is 0. The third-order valence-corrected chi connectivity index (χ3v) is 10.3. The van der Waals surface area contributed by atoms with E-state index in [-0.39, 0.29) is 0 Å². The van der Waals surface area contributed by atoms with Crippen LogP contribution in [-0.2, 0) is 0 Å². The van der Waals surface area contributed by atoms with Gasteiger partial charge in [0.25, 0.3) is 0 Å². The highest BCUT2D eigenvalue weighted by atomic mass is 15.0. The van der Waals surface area contributed by atoms with Gasteiger partial charge in [-0.25, -0.2) is 15.0 Å². The quantitative estimate of drug-likeness (QED) is 0.163. The second-order valence-corrected chi connectivity index (χ2v) is 13.6. The fourth-order valence-electron chi connectivity index (χ4n) is 7.68. The smallest absolute Gasteiger partial charge is 0.164 e. The van der Waals surface area contributed by atoms with Gasteiger partial charge in [0.05, 0.1) is 0 Å². The summed E-state index contributed by atoms with van der Waals surface area (Å²) in [4.78, 5) is 15.5. The van der Waals surface area contributed by atoms with Crippen molar-refractivity contribution in [2.75, 3.05) is 0 Å². The van der Waals surface area contributed by atoms with Gasteiger partial charge in [-0.3, -0.25) is 0 Å². The summed E-state index contributed by atoms with van der Waals surface area (Å²) in [5, 5.41) is 7.24. The first-order chi connectivity index (χ1) is 26.8. The summed E-state index contributed by atoms with van der Waals surface area (Å²) < 4.78 is 0. The Bertz CT molecular complexity index is 2920. The summed E-state index contributed by atoms with van der Waals surface area (Å²) >= 11 is 0. The lowest BCUT2D eigenvalue weighted by atomic mass is 9.88. The summed E-state index contributed by atoms with van der Waals surface area (Å²) in [6.07, 6.45) is 0. The number of benzene rings is 9. The minimum absolute atomic E-state index is 0.633. The number of hydrogen-bond acceptors (Lipinski definition) is 3. The summed E-state index contributed by atoms with van der Waals surface area (Å²) in [7, 11) is 0. The van der Waals surface area contributed by atoms with Crippen LogP contribution in [0.15, 0.2) is 200 Å². The van der Waals surface area contributed by atoms with Gasteiger partial charge in [0.1, 0.15) is 0 Å². The highest BCUT2D eigenvalue weighted by Crippen LogP contribution is 2.42. The maximum atomic E-state index is 5.24. The molecule has 0 saturated heterocycles. The number of nitrogens with zero attached hydrogens (tertiary/aromatic N) is 3. The van der Waals surface area contributed by atoms with Crippen LogP contribution in [-0.4, -0.2) is 15.0 Å². The Morgan fingerprint density at radius 3 is 1.04 bits per heavy atom. The molecular formula is C51H33N3. The van der Waals surface area contributed by atoms with Crippen molar-refractivity contribution < 1.29 is 0 Å². The Balaban J connectivity index is 1.26. The predicted octanol–water partition coefficient (Wildman–Crippen LogP) is 13.3. The first-order valence-electron chi connectivity index (χ1n) is 18.3. The highest BCUT2D eigenvalue weighted by Gasteiger charge is 2.19. The lowest BCUT2D eigenvalue weighted by Gasteiger charge is -2.17. The molecule has 1 heterocycles. The van der Waals surface area contributed by atoms with Crippen molar-refractivity contribution in [2.45, 2.75) is 0 Å². The molecule has 0 amide bonds. The summed E-state index contributed by atoms with van der Waals surface area (Å²) in [6.45, 7) is 0. The molecule has 0 N–H and O–H groups in total. The zero-order chi connectivity index (χ0) is 35.8. The molecule has 0 atom stereocenters. The largest absolute Gasteiger partial charge is 0.208 e. The van der Waals surface area contributed by atoms with Gasteiger partial charge < -0.3 is 0 Å². The fraction of sp³-hybridized carbons (Fsp3) is 0. The van der Waals surface area contributed by atoms with Gasteiger partial charge in [-0.15, -0.1) is 0 Å². The summed E-state index contributed by atoms with van der Waals surface area (Å²) in [6, 6.07) is 70.7. The van der Waals surface area contributed by atoms with Gasteiger partial charge in [-0.05, 0) is 90.0 Å². The van der Waals surface area contributed by atoms with E-state index in [4.69, 9.17) is 15.0 Å². The maximum Gasteiger partial charge on any atom is 0.164 e. The minimum atomic E-state index is 0.633. The van der Waals surface area contributed by atoms with E-state index in [1.807, 2.05) is 36.4 Å². The predicted molar refractivity (Wildman–Crippen MR) is 225 cm³/mol. The van der Waals surface area contributed by atoms with Gasteiger partial charge >= 0.3 is 0 Å². The van der Waals surface area contributed by atoms with E-state index in [0.29, 0.717) is 17.5 Å². The third-order valence-electron chi connectivity index (χ3n) is 10.3. The van der Waals surface area contributed by atoms with Crippen LogP contribution in [0, 0.1) is 0 Å². The molecule has 0 saturated carbocycles. The first kappa shape index (κ1) is 31.5. The third kappa shape index (κ3) is 5.69. The van der Waals surface area contributed by atoms with Crippen molar-refractivity contribution in [3.05, 3.63) is 200 Å². The van der Waals surface area contributed by atoms with Crippen LogP contribution in [0.1, 0.15) is 0 Å². The van der Waals surface area contributed by atoms with Crippen molar-refractivity contribution in [2.24, 2.45) is 0 Å². The molecule has 0 radical (unpaired) electrons. The Hall–Kier alpha value is -7.23. The average Bonchev–Trinajstić information content (AvgIpc) is 3.27. The zero-order valence-electron chi connectivity index (χ0n) is 29.4. The number of fused-ring (bicyclic) bond motifs is 6. The molecule has 0 unspecified atom stereocenters. The number of aromatic nitrogens is 3. The Kier molecular flexibility index (Phi) is 7.81. The van der Waals surface area contributed by atoms with Crippen molar-refractivity contribution >= 4 is 32.3 Å². The molecule has 252 valence electrons. The summed E-state index contributed by atoms with van der Waals surface area (Å²) in [5.74, 6) is 1.91. The fourth-order valence-corrected chi connectivity index (χ4v) is 7.68. The molecule has 0 aliphatic heterocycles. The monoisotopic (exact) mass is 687 g/mol. The Morgan fingerprint density at radius 2 is 0.537 bits per heavy atom. The van der Waals surface area contributed by atoms with Crippen LogP contribution in [0.2, 0.25) is 0 Å². The molecule has 0 fully saturated rings. The Morgan fingerprint density at radius 1 is 0.204 bits per heavy atom. The lowest BCUT2D eigenvalue weighted by Crippen LogP contribution is -2.01. The molecule has 54 heavy (non-hydrogen) atoms. The molecule has 9 aromatic carbocycles. The zero-order valence-corrected chi connectivity index (χ0v) is 29.4. The van der Waals surface area contributed by atoms with Gasteiger partial charge in [-0.2, -0.15) is 0 Å². The molecule has 1 aromatic heterocycles. The van der Waals surface area contributed by atoms with E-state index in [2.05, 4.69) is 164 Å². The molecule has 10 rings (SSSR count). The molecule has 0 bridgehead atoms. The van der Waals surface area contributed by atoms with Crippen molar-refractivity contribution in [3.8, 4) is 67.5 Å². The topological polar surface area (TPSA) is 38.7 Å². The second-order valence-electron chi connectivity index (χ2n) is 13.6. The van der Waals surface area contributed by atoms with Crippen molar-refractivity contribution in [1.82, 2.24) is 15.0 Å². The van der Waals surface area contributed by atoms with Gasteiger partial charge in [0, 0.05) is 16.7 Å². The molecule has 0 aliphatic carbocycles. The van der Waals surface area contributed by atoms with E-state index >= 15 is 0 Å². The standard InChI is InChI=1S/C51H33N3/c1-4-16-34(17-5-1)37-22-14-23-38(30-37)39-24-15-25-40(31-39)45-32-46-43-28-12-10-26-41(43)42-27-11-13-29-44(42)47(46)33-48(45)51-53-49(35-18-6-2-7-19-35)52-50(54-51)36-20-8-3-9-21-36/h1-33H. The number of rotatable bonds is 6. The second kappa shape index (κ2) is 13.4. The first-order valence-corrected chi connectivity index (χ1v) is 18.3. The SMILES string of the molecule is c1ccc(-c2cccc(-c3cccc(-c4cc5c6ccccc6c6ccccc6c5cc4-c4nc(-c5ccccc5)nc(-c5ccccc5)n4)c3)c2)cc1. The van der Waals surface area contributed by atoms with E-state index in [1.54, 1.807) is 0 Å². The summed E-state index contributed by atoms with van der Waals surface area (Å²) in [5.41, 5.74) is 9.69. The van der Waals surface area contributed by atoms with Crippen LogP contribution in [0.5, 0.6) is 0 Å². The maximum absolute atomic E-state index is 5.24. The molecule has 0 spiro atoms. The van der Waals surface area contributed by atoms with Gasteiger partial charge in [0.2, 0.25) is 0 Å². The van der Waals surface area contributed by atoms with E-state index in [0.717, 1.165) is 44.3 Å². The highest BCUT2D eigenvalue weighted by molar-refractivity contribution is 6.26.